The van der Waals surface area contributed by atoms with E-state index in [0.29, 0.717) is 184 Å². The van der Waals surface area contributed by atoms with Gasteiger partial charge in [-0.1, -0.05) is 64.2 Å². The van der Waals surface area contributed by atoms with Crippen LogP contribution in [0.3, 0.4) is 0 Å². The molecule has 0 saturated carbocycles. The van der Waals surface area contributed by atoms with Gasteiger partial charge in [0.15, 0.2) is 0 Å². The van der Waals surface area contributed by atoms with Crippen LogP contribution < -0.4 is 37.9 Å². The molecule has 0 fully saturated rings. The second kappa shape index (κ2) is 55.4. The second-order valence-electron chi connectivity index (χ2n) is 16.8. The molecule has 1 heterocycles. The van der Waals surface area contributed by atoms with E-state index in [-0.39, 0.29) is 24.1 Å². The van der Waals surface area contributed by atoms with E-state index in [0.717, 1.165) is 57.8 Å². The number of nitrogens with one attached hydrogen (secondary N) is 6. The fourth-order valence-electron chi connectivity index (χ4n) is 6.55. The Morgan fingerprint density at radius 3 is 1.03 bits per heavy atom. The van der Waals surface area contributed by atoms with Crippen molar-refractivity contribution in [3.05, 3.63) is 22.1 Å². The average molecular weight is 1070 g/mol. The first-order valence-corrected chi connectivity index (χ1v) is 27.0. The minimum absolute atomic E-state index is 0.120. The van der Waals surface area contributed by atoms with Gasteiger partial charge < -0.3 is 83.8 Å². The van der Waals surface area contributed by atoms with Gasteiger partial charge in [-0.15, -0.1) is 0 Å². The first kappa shape index (κ1) is 68.2. The van der Waals surface area contributed by atoms with Gasteiger partial charge in [-0.25, -0.2) is 19.4 Å². The van der Waals surface area contributed by atoms with Crippen molar-refractivity contribution in [1.29, 1.82) is 0 Å². The predicted octanol–water partition coefficient (Wildman–Crippen LogP) is 3.83. The number of nitrogens with two attached hydrogens (primary N) is 1. The summed E-state index contributed by atoms with van der Waals surface area (Å²) in [6.07, 6.45) is 14.3. The third-order valence-corrected chi connectivity index (χ3v) is 10.4. The number of carbonyl (C=O) groups excluding carboxylic acids is 3. The van der Waals surface area contributed by atoms with Crippen LogP contribution in [0.5, 0.6) is 0 Å². The summed E-state index contributed by atoms with van der Waals surface area (Å²) >= 11 is 0. The van der Waals surface area contributed by atoms with Crippen molar-refractivity contribution in [2.24, 2.45) is 5.73 Å². The van der Waals surface area contributed by atoms with Crippen LogP contribution in [-0.4, -0.2) is 213 Å². The quantitative estimate of drug-likeness (QED) is 0.0456. The van der Waals surface area contributed by atoms with E-state index in [1.54, 1.807) is 6.92 Å². The number of hydrogen-bond acceptors (Lipinski definition) is 18. The Morgan fingerprint density at radius 1 is 0.419 bits per heavy atom. The number of unbranched alkanes of at least 4 members (excludes halogenated alkanes) is 12. The molecule has 8 N–H and O–H groups in total. The van der Waals surface area contributed by atoms with Gasteiger partial charge in [0.2, 0.25) is 5.95 Å². The lowest BCUT2D eigenvalue weighted by molar-refractivity contribution is -0.0278. The molecule has 0 aliphatic carbocycles. The summed E-state index contributed by atoms with van der Waals surface area (Å²) in [5, 5.41) is 13.9. The molecule has 0 aliphatic rings. The number of hydrogen-bond donors (Lipinski definition) is 7. The Hall–Kier alpha value is -3.79. The molecule has 0 unspecified atom stereocenters. The van der Waals surface area contributed by atoms with Gasteiger partial charge in [-0.3, -0.25) is 15.1 Å². The molecule has 74 heavy (non-hydrogen) atoms. The van der Waals surface area contributed by atoms with Crippen LogP contribution in [0.4, 0.5) is 20.3 Å². The molecule has 1 rings (SSSR count). The molecule has 24 heteroatoms. The molecular formula is C50H96N8O16. The molecule has 0 spiro atoms. The van der Waals surface area contributed by atoms with Crippen molar-refractivity contribution in [2.45, 2.75) is 96.8 Å². The zero-order valence-electron chi connectivity index (χ0n) is 44.8. The fraction of sp³-hybridized carbons (Fsp3) is 0.860. The molecule has 0 radical (unpaired) electrons. The Kier molecular flexibility index (Phi) is 51.1. The number of H-pyrrole nitrogens is 1. The van der Waals surface area contributed by atoms with Gasteiger partial charge in [0, 0.05) is 44.5 Å². The standard InChI is InChI=1S/C50H96N8O16/c1-45-44-46(59)57-47(56-45)58-49(61)54-19-14-11-10-13-18-53-48(60)52-17-12-8-6-4-2-3-5-7-9-15-20-55-50(62)74-43-42-73-41-40-72-39-38-71-37-36-70-35-34-69-33-32-68-31-30-67-29-28-66-27-26-65-25-24-64-23-22-63-21-16-51/h44H,2-43,51H2,1H3,(H,55,62)(H2,52,53,60)(H3,54,56,57,58,59,61). The minimum Gasteiger partial charge on any atom is -0.447 e. The SMILES string of the molecule is Cc1cc(=O)[nH]c(NC(=O)NCCCCCCNC(=O)NCCCCCCCCCCCCNC(=O)OCCOCCOCCOCCOCCOCCOCCOCCOCCOCCOCCOCCN)n1. The zero-order valence-corrected chi connectivity index (χ0v) is 44.8. The molecule has 0 atom stereocenters. The van der Waals surface area contributed by atoms with Crippen molar-refractivity contribution in [2.75, 3.05) is 190 Å². The van der Waals surface area contributed by atoms with Crippen molar-refractivity contribution in [3.63, 3.8) is 0 Å². The van der Waals surface area contributed by atoms with Gasteiger partial charge in [0.1, 0.15) is 6.61 Å². The molecule has 0 bridgehead atoms. The maximum Gasteiger partial charge on any atom is 0.407 e. The summed E-state index contributed by atoms with van der Waals surface area (Å²) in [6, 6.07) is 0.808. The maximum atomic E-state index is 12.0. The molecule has 1 aromatic heterocycles. The number of nitrogens with zero attached hydrogens (tertiary/aromatic N) is 1. The lowest BCUT2D eigenvalue weighted by Gasteiger charge is -2.09. The van der Waals surface area contributed by atoms with Crippen molar-refractivity contribution in [3.8, 4) is 0 Å². The average Bonchev–Trinajstić information content (AvgIpc) is 3.38. The van der Waals surface area contributed by atoms with E-state index in [9.17, 15) is 19.2 Å². The number of rotatable bonds is 56. The van der Waals surface area contributed by atoms with E-state index >= 15 is 0 Å². The summed E-state index contributed by atoms with van der Waals surface area (Å²) in [7, 11) is 0. The van der Waals surface area contributed by atoms with Gasteiger partial charge >= 0.3 is 18.2 Å². The molecule has 24 nitrogen and oxygen atoms in total. The van der Waals surface area contributed by atoms with E-state index < -0.39 is 12.1 Å². The van der Waals surface area contributed by atoms with Crippen molar-refractivity contribution >= 4 is 24.1 Å². The van der Waals surface area contributed by atoms with Gasteiger partial charge in [0.05, 0.1) is 145 Å². The highest BCUT2D eigenvalue weighted by molar-refractivity contribution is 5.87. The number of aromatic nitrogens is 2. The molecule has 0 aromatic carbocycles. The minimum atomic E-state index is -0.424. The first-order valence-electron chi connectivity index (χ1n) is 27.0. The number of alkyl carbamates (subject to hydrolysis) is 1. The van der Waals surface area contributed by atoms with Crippen LogP contribution >= 0.6 is 0 Å². The first-order chi connectivity index (χ1) is 36.4. The third-order valence-electron chi connectivity index (χ3n) is 10.4. The number of amides is 5. The highest BCUT2D eigenvalue weighted by atomic mass is 16.6. The zero-order chi connectivity index (χ0) is 53.3. The van der Waals surface area contributed by atoms with Crippen molar-refractivity contribution < 1.29 is 71.2 Å². The van der Waals surface area contributed by atoms with E-state index in [2.05, 4.69) is 36.6 Å². The van der Waals surface area contributed by atoms with Crippen molar-refractivity contribution in [1.82, 2.24) is 31.2 Å². The van der Waals surface area contributed by atoms with E-state index in [4.69, 9.17) is 62.6 Å². The predicted molar refractivity (Wildman–Crippen MR) is 280 cm³/mol. The highest BCUT2D eigenvalue weighted by Gasteiger charge is 2.06. The number of carbonyl (C=O) groups is 3. The van der Waals surface area contributed by atoms with Crippen LogP contribution in [-0.2, 0) is 56.8 Å². The van der Waals surface area contributed by atoms with Crippen LogP contribution in [0.25, 0.3) is 0 Å². The third kappa shape index (κ3) is 51.7. The molecule has 0 aliphatic heterocycles. The molecule has 0 saturated heterocycles. The normalized spacial score (nSPS) is 11.2. The number of aromatic amines is 1. The highest BCUT2D eigenvalue weighted by Crippen LogP contribution is 2.10. The van der Waals surface area contributed by atoms with E-state index in [1.165, 1.54) is 38.2 Å². The van der Waals surface area contributed by atoms with Crippen LogP contribution in [0.15, 0.2) is 10.9 Å². The topological polar surface area (TPSA) is 294 Å². The largest absolute Gasteiger partial charge is 0.447 e. The van der Waals surface area contributed by atoms with Crippen LogP contribution in [0.1, 0.15) is 95.6 Å². The maximum absolute atomic E-state index is 12.0. The van der Waals surface area contributed by atoms with Gasteiger partial charge in [-0.2, -0.15) is 0 Å². The number of anilines is 1. The number of aryl methyl sites for hydroxylation is 1. The van der Waals surface area contributed by atoms with Gasteiger partial charge in [-0.05, 0) is 32.6 Å². The fourth-order valence-corrected chi connectivity index (χ4v) is 6.55. The smallest absolute Gasteiger partial charge is 0.407 e. The van der Waals surface area contributed by atoms with Crippen LogP contribution in [0, 0.1) is 6.92 Å². The lowest BCUT2D eigenvalue weighted by atomic mass is 10.1. The molecule has 1 aromatic rings. The summed E-state index contributed by atoms with van der Waals surface area (Å²) in [4.78, 5) is 53.9. The van der Waals surface area contributed by atoms with E-state index in [1.807, 2.05) is 0 Å². The summed E-state index contributed by atoms with van der Waals surface area (Å²) in [5.74, 6) is 0.120. The molecule has 5 amide bonds. The monoisotopic (exact) mass is 1060 g/mol. The summed E-state index contributed by atoms with van der Waals surface area (Å²) in [6.45, 7) is 15.3. The van der Waals surface area contributed by atoms with Crippen LogP contribution in [0.2, 0.25) is 0 Å². The number of ether oxygens (including phenoxy) is 12. The Bertz CT molecular complexity index is 1470. The van der Waals surface area contributed by atoms with Gasteiger partial charge in [0.25, 0.3) is 5.56 Å². The second-order valence-corrected chi connectivity index (χ2v) is 16.8. The Balaban J connectivity index is 1.67. The molecular weight excluding hydrogens is 969 g/mol. The summed E-state index contributed by atoms with van der Waals surface area (Å²) in [5.41, 5.74) is 5.55. The lowest BCUT2D eigenvalue weighted by Crippen LogP contribution is -2.36. The number of urea groups is 2. The Labute approximate surface area is 440 Å². The molecule has 432 valence electrons. The Morgan fingerprint density at radius 2 is 0.703 bits per heavy atom. The summed E-state index contributed by atoms with van der Waals surface area (Å²) < 4.78 is 65.1.